The van der Waals surface area contributed by atoms with Gasteiger partial charge in [-0.25, -0.2) is 4.98 Å². The standard InChI is InChI=1S/C15H26N4/c1-4-16-11-14-5-6-15(17-12-14)19-9-7-18(8-10-19)13(2)3/h5-6,12-13,16H,4,7-11H2,1-3H3. The molecule has 0 atom stereocenters. The summed E-state index contributed by atoms with van der Waals surface area (Å²) in [7, 11) is 0. The minimum absolute atomic E-state index is 0.651. The van der Waals surface area contributed by atoms with Crippen LogP contribution in [-0.4, -0.2) is 48.6 Å². The van der Waals surface area contributed by atoms with Gasteiger partial charge in [-0.15, -0.1) is 0 Å². The largest absolute Gasteiger partial charge is 0.354 e. The maximum Gasteiger partial charge on any atom is 0.128 e. The molecule has 0 aromatic carbocycles. The third-order valence-corrected chi connectivity index (χ3v) is 3.76. The average Bonchev–Trinajstić information content (AvgIpc) is 2.46. The summed E-state index contributed by atoms with van der Waals surface area (Å²) in [5.41, 5.74) is 1.26. The highest BCUT2D eigenvalue weighted by Crippen LogP contribution is 2.15. The Labute approximate surface area is 116 Å². The van der Waals surface area contributed by atoms with Crippen LogP contribution in [0.2, 0.25) is 0 Å². The molecule has 1 N–H and O–H groups in total. The van der Waals surface area contributed by atoms with Crippen LogP contribution in [-0.2, 0) is 6.54 Å². The monoisotopic (exact) mass is 262 g/mol. The van der Waals surface area contributed by atoms with Gasteiger partial charge in [-0.05, 0) is 32.0 Å². The lowest BCUT2D eigenvalue weighted by molar-refractivity contribution is 0.209. The maximum absolute atomic E-state index is 4.59. The molecule has 4 heteroatoms. The van der Waals surface area contributed by atoms with E-state index in [9.17, 15) is 0 Å². The minimum atomic E-state index is 0.651. The molecule has 2 rings (SSSR count). The molecule has 1 aromatic rings. The van der Waals surface area contributed by atoms with Crippen LogP contribution in [0.25, 0.3) is 0 Å². The highest BCUT2D eigenvalue weighted by atomic mass is 15.3. The Kier molecular flexibility index (Phi) is 5.16. The topological polar surface area (TPSA) is 31.4 Å². The smallest absolute Gasteiger partial charge is 0.128 e. The highest BCUT2D eigenvalue weighted by Gasteiger charge is 2.19. The van der Waals surface area contributed by atoms with Crippen molar-refractivity contribution in [2.75, 3.05) is 37.6 Å². The Bertz CT molecular complexity index is 366. The quantitative estimate of drug-likeness (QED) is 0.875. The summed E-state index contributed by atoms with van der Waals surface area (Å²) in [6.45, 7) is 13.0. The van der Waals surface area contributed by atoms with Gasteiger partial charge in [0.05, 0.1) is 0 Å². The number of hydrogen-bond acceptors (Lipinski definition) is 4. The number of piperazine rings is 1. The van der Waals surface area contributed by atoms with E-state index in [1.807, 2.05) is 6.20 Å². The van der Waals surface area contributed by atoms with Crippen molar-refractivity contribution in [1.29, 1.82) is 0 Å². The second-order valence-corrected chi connectivity index (χ2v) is 5.42. The Morgan fingerprint density at radius 3 is 2.47 bits per heavy atom. The van der Waals surface area contributed by atoms with Crippen LogP contribution < -0.4 is 10.2 Å². The first-order valence-electron chi connectivity index (χ1n) is 7.35. The van der Waals surface area contributed by atoms with E-state index in [1.165, 1.54) is 5.56 Å². The number of nitrogens with zero attached hydrogens (tertiary/aromatic N) is 3. The minimum Gasteiger partial charge on any atom is -0.354 e. The molecular weight excluding hydrogens is 236 g/mol. The van der Waals surface area contributed by atoms with Crippen molar-refractivity contribution in [3.8, 4) is 0 Å². The fourth-order valence-electron chi connectivity index (χ4n) is 2.45. The molecule has 0 spiro atoms. The number of nitrogens with one attached hydrogen (secondary N) is 1. The number of anilines is 1. The summed E-state index contributed by atoms with van der Waals surface area (Å²) < 4.78 is 0. The average molecular weight is 262 g/mol. The second-order valence-electron chi connectivity index (χ2n) is 5.42. The highest BCUT2D eigenvalue weighted by molar-refractivity contribution is 5.39. The van der Waals surface area contributed by atoms with E-state index in [0.29, 0.717) is 6.04 Å². The summed E-state index contributed by atoms with van der Waals surface area (Å²) in [5, 5.41) is 3.32. The molecule has 4 nitrogen and oxygen atoms in total. The molecule has 1 saturated heterocycles. The number of pyridine rings is 1. The summed E-state index contributed by atoms with van der Waals surface area (Å²) in [6, 6.07) is 4.98. The summed E-state index contributed by atoms with van der Waals surface area (Å²) in [6.07, 6.45) is 1.99. The molecule has 1 fully saturated rings. The zero-order valence-corrected chi connectivity index (χ0v) is 12.4. The maximum atomic E-state index is 4.59. The number of hydrogen-bond donors (Lipinski definition) is 1. The molecule has 1 aliphatic heterocycles. The Morgan fingerprint density at radius 2 is 1.95 bits per heavy atom. The van der Waals surface area contributed by atoms with E-state index in [2.05, 4.69) is 53.0 Å². The zero-order valence-electron chi connectivity index (χ0n) is 12.4. The molecule has 0 saturated carbocycles. The van der Waals surface area contributed by atoms with Gasteiger partial charge >= 0.3 is 0 Å². The van der Waals surface area contributed by atoms with Crippen molar-refractivity contribution in [3.05, 3.63) is 23.9 Å². The van der Waals surface area contributed by atoms with Crippen LogP contribution in [0.1, 0.15) is 26.3 Å². The summed E-state index contributed by atoms with van der Waals surface area (Å²) in [4.78, 5) is 9.50. The molecular formula is C15H26N4. The summed E-state index contributed by atoms with van der Waals surface area (Å²) in [5.74, 6) is 1.11. The van der Waals surface area contributed by atoms with Crippen molar-refractivity contribution >= 4 is 5.82 Å². The Balaban J connectivity index is 1.89. The lowest BCUT2D eigenvalue weighted by atomic mass is 10.2. The van der Waals surface area contributed by atoms with Gasteiger partial charge in [0.15, 0.2) is 0 Å². The van der Waals surface area contributed by atoms with Crippen molar-refractivity contribution < 1.29 is 0 Å². The molecule has 1 aliphatic rings. The van der Waals surface area contributed by atoms with Gasteiger partial charge in [-0.1, -0.05) is 13.0 Å². The second kappa shape index (κ2) is 6.87. The fraction of sp³-hybridized carbons (Fsp3) is 0.667. The zero-order chi connectivity index (χ0) is 13.7. The van der Waals surface area contributed by atoms with Crippen LogP contribution in [0.5, 0.6) is 0 Å². The lowest BCUT2D eigenvalue weighted by Crippen LogP contribution is -2.49. The van der Waals surface area contributed by atoms with E-state index in [1.54, 1.807) is 0 Å². The molecule has 0 amide bonds. The fourth-order valence-corrected chi connectivity index (χ4v) is 2.45. The molecule has 106 valence electrons. The normalized spacial score (nSPS) is 17.2. The predicted octanol–water partition coefficient (Wildman–Crippen LogP) is 1.72. The van der Waals surface area contributed by atoms with Crippen molar-refractivity contribution in [1.82, 2.24) is 15.2 Å². The Morgan fingerprint density at radius 1 is 1.21 bits per heavy atom. The molecule has 1 aromatic heterocycles. The van der Waals surface area contributed by atoms with Crippen LogP contribution in [0.3, 0.4) is 0 Å². The van der Waals surface area contributed by atoms with Gasteiger partial charge in [-0.3, -0.25) is 4.90 Å². The van der Waals surface area contributed by atoms with Crippen molar-refractivity contribution in [2.45, 2.75) is 33.4 Å². The third kappa shape index (κ3) is 3.91. The Hall–Kier alpha value is -1.13. The van der Waals surface area contributed by atoms with Gasteiger partial charge in [0.1, 0.15) is 5.82 Å². The molecule has 0 radical (unpaired) electrons. The molecule has 0 bridgehead atoms. The van der Waals surface area contributed by atoms with Crippen LogP contribution in [0, 0.1) is 0 Å². The lowest BCUT2D eigenvalue weighted by Gasteiger charge is -2.37. The van der Waals surface area contributed by atoms with Gasteiger partial charge in [-0.2, -0.15) is 0 Å². The first kappa shape index (κ1) is 14.3. The first-order chi connectivity index (χ1) is 9.20. The predicted molar refractivity (Wildman–Crippen MR) is 80.5 cm³/mol. The van der Waals surface area contributed by atoms with E-state index >= 15 is 0 Å². The van der Waals surface area contributed by atoms with E-state index < -0.39 is 0 Å². The molecule has 0 aliphatic carbocycles. The third-order valence-electron chi connectivity index (χ3n) is 3.76. The van der Waals surface area contributed by atoms with E-state index in [-0.39, 0.29) is 0 Å². The molecule has 0 unspecified atom stereocenters. The van der Waals surface area contributed by atoms with Gasteiger partial charge in [0.25, 0.3) is 0 Å². The van der Waals surface area contributed by atoms with Crippen LogP contribution in [0.4, 0.5) is 5.82 Å². The van der Waals surface area contributed by atoms with Crippen molar-refractivity contribution in [3.63, 3.8) is 0 Å². The first-order valence-corrected chi connectivity index (χ1v) is 7.35. The molecule has 2 heterocycles. The van der Waals surface area contributed by atoms with Gasteiger partial charge < -0.3 is 10.2 Å². The summed E-state index contributed by atoms with van der Waals surface area (Å²) >= 11 is 0. The SMILES string of the molecule is CCNCc1ccc(N2CCN(C(C)C)CC2)nc1. The van der Waals surface area contributed by atoms with Crippen LogP contribution in [0.15, 0.2) is 18.3 Å². The van der Waals surface area contributed by atoms with Crippen LogP contribution >= 0.6 is 0 Å². The van der Waals surface area contributed by atoms with Gasteiger partial charge in [0.2, 0.25) is 0 Å². The van der Waals surface area contributed by atoms with E-state index in [4.69, 9.17) is 0 Å². The number of aromatic nitrogens is 1. The van der Waals surface area contributed by atoms with Gasteiger partial charge in [0, 0.05) is 45.0 Å². The molecule has 19 heavy (non-hydrogen) atoms. The van der Waals surface area contributed by atoms with E-state index in [0.717, 1.165) is 45.1 Å². The number of rotatable bonds is 5. The van der Waals surface area contributed by atoms with Crippen molar-refractivity contribution in [2.24, 2.45) is 0 Å².